The van der Waals surface area contributed by atoms with E-state index in [4.69, 9.17) is 5.11 Å². The van der Waals surface area contributed by atoms with E-state index >= 15 is 0 Å². The molecule has 0 radical (unpaired) electrons. The monoisotopic (exact) mass is 198 g/mol. The van der Waals surface area contributed by atoms with Crippen molar-refractivity contribution in [1.82, 2.24) is 0 Å². The average molecular weight is 198 g/mol. The highest BCUT2D eigenvalue weighted by Gasteiger charge is 2.39. The van der Waals surface area contributed by atoms with Crippen LogP contribution in [0.3, 0.4) is 0 Å². The van der Waals surface area contributed by atoms with Gasteiger partial charge in [-0.25, -0.2) is 4.79 Å². The van der Waals surface area contributed by atoms with Crippen molar-refractivity contribution in [3.63, 3.8) is 0 Å². The minimum atomic E-state index is -1.50. The predicted octanol–water partition coefficient (Wildman–Crippen LogP) is 1.04. The van der Waals surface area contributed by atoms with Gasteiger partial charge in [0.25, 0.3) is 0 Å². The molecule has 0 bridgehead atoms. The molecule has 78 valence electrons. The summed E-state index contributed by atoms with van der Waals surface area (Å²) in [5, 5.41) is 8.52. The van der Waals surface area contributed by atoms with E-state index in [0.717, 1.165) is 6.42 Å². The van der Waals surface area contributed by atoms with Gasteiger partial charge in [0.1, 0.15) is 5.78 Å². The SMILES string of the molecule is CC1(C)CCC(=O)C(C(=O)C(=O)O)C1. The predicted molar refractivity (Wildman–Crippen MR) is 48.8 cm³/mol. The zero-order valence-electron chi connectivity index (χ0n) is 8.37. The van der Waals surface area contributed by atoms with E-state index in [1.807, 2.05) is 13.8 Å². The fourth-order valence-corrected chi connectivity index (χ4v) is 1.79. The Morgan fingerprint density at radius 3 is 2.50 bits per heavy atom. The largest absolute Gasteiger partial charge is 0.475 e. The van der Waals surface area contributed by atoms with Crippen LogP contribution in [0.4, 0.5) is 0 Å². The molecule has 1 atom stereocenters. The Morgan fingerprint density at radius 1 is 1.43 bits per heavy atom. The normalized spacial score (nSPS) is 25.9. The summed E-state index contributed by atoms with van der Waals surface area (Å²) in [5.74, 6) is -3.60. The molecule has 1 rings (SSSR count). The molecular weight excluding hydrogens is 184 g/mol. The smallest absolute Gasteiger partial charge is 0.372 e. The fraction of sp³-hybridized carbons (Fsp3) is 0.700. The zero-order chi connectivity index (χ0) is 10.9. The van der Waals surface area contributed by atoms with E-state index in [9.17, 15) is 14.4 Å². The van der Waals surface area contributed by atoms with Gasteiger partial charge in [-0.2, -0.15) is 0 Å². The summed E-state index contributed by atoms with van der Waals surface area (Å²) in [6.45, 7) is 3.89. The Bertz CT molecular complexity index is 290. The summed E-state index contributed by atoms with van der Waals surface area (Å²) < 4.78 is 0. The van der Waals surface area contributed by atoms with Crippen molar-refractivity contribution < 1.29 is 19.5 Å². The number of carboxylic acid groups (broad SMARTS) is 1. The zero-order valence-corrected chi connectivity index (χ0v) is 8.37. The van der Waals surface area contributed by atoms with E-state index < -0.39 is 17.7 Å². The summed E-state index contributed by atoms with van der Waals surface area (Å²) in [6.07, 6.45) is 1.41. The quantitative estimate of drug-likeness (QED) is 0.531. The molecule has 0 spiro atoms. The molecule has 1 fully saturated rings. The average Bonchev–Trinajstić information content (AvgIpc) is 2.08. The molecule has 0 heterocycles. The van der Waals surface area contributed by atoms with Gasteiger partial charge in [0, 0.05) is 6.42 Å². The summed E-state index contributed by atoms with van der Waals surface area (Å²) in [4.78, 5) is 33.0. The molecule has 0 aromatic heterocycles. The van der Waals surface area contributed by atoms with Crippen LogP contribution in [0.25, 0.3) is 0 Å². The third-order valence-electron chi connectivity index (χ3n) is 2.72. The molecule has 1 unspecified atom stereocenters. The number of carboxylic acids is 1. The second kappa shape index (κ2) is 3.52. The van der Waals surface area contributed by atoms with Gasteiger partial charge in [-0.3, -0.25) is 9.59 Å². The molecule has 0 aromatic rings. The summed E-state index contributed by atoms with van der Waals surface area (Å²) in [7, 11) is 0. The van der Waals surface area contributed by atoms with Gasteiger partial charge in [-0.1, -0.05) is 13.8 Å². The van der Waals surface area contributed by atoms with Crippen LogP contribution in [-0.2, 0) is 14.4 Å². The number of hydrogen-bond acceptors (Lipinski definition) is 3. The lowest BCUT2D eigenvalue weighted by Crippen LogP contribution is -2.38. The molecule has 1 aliphatic carbocycles. The molecular formula is C10H14O4. The van der Waals surface area contributed by atoms with Crippen LogP contribution in [0.1, 0.15) is 33.1 Å². The van der Waals surface area contributed by atoms with Gasteiger partial charge < -0.3 is 5.11 Å². The molecule has 1 aliphatic rings. The molecule has 0 aromatic carbocycles. The summed E-state index contributed by atoms with van der Waals surface area (Å²) in [5.41, 5.74) is -0.107. The standard InChI is InChI=1S/C10H14O4/c1-10(2)4-3-7(11)6(5-10)8(12)9(13)14/h6H,3-5H2,1-2H3,(H,13,14). The lowest BCUT2D eigenvalue weighted by molar-refractivity contribution is -0.154. The van der Waals surface area contributed by atoms with Crippen LogP contribution in [0.2, 0.25) is 0 Å². The van der Waals surface area contributed by atoms with Crippen molar-refractivity contribution in [3.05, 3.63) is 0 Å². The van der Waals surface area contributed by atoms with Crippen LogP contribution in [0, 0.1) is 11.3 Å². The van der Waals surface area contributed by atoms with Gasteiger partial charge >= 0.3 is 5.97 Å². The van der Waals surface area contributed by atoms with E-state index in [1.54, 1.807) is 0 Å². The molecule has 0 saturated heterocycles. The van der Waals surface area contributed by atoms with E-state index in [-0.39, 0.29) is 11.2 Å². The van der Waals surface area contributed by atoms with Gasteiger partial charge in [0.2, 0.25) is 5.78 Å². The Morgan fingerprint density at radius 2 is 2.00 bits per heavy atom. The molecule has 4 heteroatoms. The van der Waals surface area contributed by atoms with Crippen LogP contribution in [0.5, 0.6) is 0 Å². The highest BCUT2D eigenvalue weighted by atomic mass is 16.4. The Labute approximate surface area is 82.3 Å². The third kappa shape index (κ3) is 2.19. The minimum Gasteiger partial charge on any atom is -0.475 e. The highest BCUT2D eigenvalue weighted by Crippen LogP contribution is 2.37. The third-order valence-corrected chi connectivity index (χ3v) is 2.72. The Balaban J connectivity index is 2.81. The Hall–Kier alpha value is -1.19. The second-order valence-corrected chi connectivity index (χ2v) is 4.56. The van der Waals surface area contributed by atoms with Gasteiger partial charge in [-0.05, 0) is 18.3 Å². The fourth-order valence-electron chi connectivity index (χ4n) is 1.79. The van der Waals surface area contributed by atoms with Gasteiger partial charge in [0.15, 0.2) is 0 Å². The number of carbonyl (C=O) groups is 3. The topological polar surface area (TPSA) is 71.4 Å². The van der Waals surface area contributed by atoms with Crippen molar-refractivity contribution in [2.45, 2.75) is 33.1 Å². The van der Waals surface area contributed by atoms with Crippen molar-refractivity contribution in [2.75, 3.05) is 0 Å². The maximum Gasteiger partial charge on any atom is 0.372 e. The van der Waals surface area contributed by atoms with Crippen LogP contribution in [-0.4, -0.2) is 22.6 Å². The molecule has 1 N–H and O–H groups in total. The first-order valence-electron chi connectivity index (χ1n) is 4.63. The van der Waals surface area contributed by atoms with Crippen LogP contribution < -0.4 is 0 Å². The van der Waals surface area contributed by atoms with Crippen molar-refractivity contribution in [2.24, 2.45) is 11.3 Å². The first-order chi connectivity index (χ1) is 6.33. The molecule has 14 heavy (non-hydrogen) atoms. The number of carbonyl (C=O) groups excluding carboxylic acids is 2. The van der Waals surface area contributed by atoms with Crippen LogP contribution >= 0.6 is 0 Å². The Kier molecular flexibility index (Phi) is 2.73. The minimum absolute atomic E-state index is 0.107. The first-order valence-corrected chi connectivity index (χ1v) is 4.63. The van der Waals surface area contributed by atoms with Gasteiger partial charge in [-0.15, -0.1) is 0 Å². The highest BCUT2D eigenvalue weighted by molar-refractivity contribution is 6.37. The molecule has 1 saturated carbocycles. The lowest BCUT2D eigenvalue weighted by atomic mass is 9.70. The lowest BCUT2D eigenvalue weighted by Gasteiger charge is -2.32. The number of ketones is 2. The first kappa shape index (κ1) is 10.9. The number of rotatable bonds is 2. The van der Waals surface area contributed by atoms with Crippen LogP contribution in [0.15, 0.2) is 0 Å². The molecule has 0 amide bonds. The van der Waals surface area contributed by atoms with E-state index in [0.29, 0.717) is 12.8 Å². The van der Waals surface area contributed by atoms with E-state index in [2.05, 4.69) is 0 Å². The van der Waals surface area contributed by atoms with Crippen molar-refractivity contribution in [3.8, 4) is 0 Å². The molecule has 0 aliphatic heterocycles. The number of aliphatic carboxylic acids is 1. The maximum atomic E-state index is 11.3. The van der Waals surface area contributed by atoms with E-state index in [1.165, 1.54) is 0 Å². The number of Topliss-reactive ketones (excluding diaryl/α,β-unsaturated/α-hetero) is 2. The van der Waals surface area contributed by atoms with Gasteiger partial charge in [0.05, 0.1) is 5.92 Å². The second-order valence-electron chi connectivity index (χ2n) is 4.56. The van der Waals surface area contributed by atoms with Crippen molar-refractivity contribution in [1.29, 1.82) is 0 Å². The summed E-state index contributed by atoms with van der Waals surface area (Å²) in [6, 6.07) is 0. The maximum absolute atomic E-state index is 11.3. The molecule has 4 nitrogen and oxygen atoms in total. The van der Waals surface area contributed by atoms with Crippen molar-refractivity contribution >= 4 is 17.5 Å². The summed E-state index contributed by atoms with van der Waals surface area (Å²) >= 11 is 0. The number of hydrogen-bond donors (Lipinski definition) is 1.